The van der Waals surface area contributed by atoms with Crippen LogP contribution >= 0.6 is 0 Å². The van der Waals surface area contributed by atoms with Crippen molar-refractivity contribution in [2.24, 2.45) is 0 Å². The fourth-order valence-corrected chi connectivity index (χ4v) is 4.08. The summed E-state index contributed by atoms with van der Waals surface area (Å²) in [4.78, 5) is 12.0. The lowest BCUT2D eigenvalue weighted by atomic mass is 10.1. The van der Waals surface area contributed by atoms with Gasteiger partial charge < -0.3 is 15.4 Å². The Morgan fingerprint density at radius 2 is 1.85 bits per heavy atom. The molecule has 146 valence electrons. The Hall–Kier alpha value is -1.97. The molecule has 1 aromatic rings. The van der Waals surface area contributed by atoms with E-state index in [1.165, 1.54) is 6.07 Å². The Kier molecular flexibility index (Phi) is 6.05. The number of anilines is 1. The highest BCUT2D eigenvalue weighted by Crippen LogP contribution is 2.37. The number of sulfone groups is 1. The zero-order valence-electron chi connectivity index (χ0n) is 14.4. The van der Waals surface area contributed by atoms with E-state index in [1.54, 1.807) is 13.8 Å². The highest BCUT2D eigenvalue weighted by atomic mass is 32.2. The van der Waals surface area contributed by atoms with E-state index < -0.39 is 39.3 Å². The molecule has 1 aliphatic heterocycles. The lowest BCUT2D eigenvalue weighted by molar-refractivity contribution is -0.137. The maximum absolute atomic E-state index is 13.3. The fourth-order valence-electron chi connectivity index (χ4n) is 2.59. The van der Waals surface area contributed by atoms with Gasteiger partial charge in [0.2, 0.25) is 0 Å². The summed E-state index contributed by atoms with van der Waals surface area (Å²) in [6.45, 7) is 3.38. The standard InChI is InChI=1S/C16H21F3N2O4S/c1-10(2)25-12-3-4-14(13(9-12)16(17,18)19)21-15(22)20-11-5-7-26(23,24)8-6-11/h3-4,9-11H,5-8H2,1-2H3,(H2,20,21,22). The number of ether oxygens (including phenoxy) is 1. The first-order chi connectivity index (χ1) is 12.0. The van der Waals surface area contributed by atoms with Gasteiger partial charge >= 0.3 is 12.2 Å². The van der Waals surface area contributed by atoms with Gasteiger partial charge in [0, 0.05) is 6.04 Å². The van der Waals surface area contributed by atoms with Gasteiger partial charge in [-0.2, -0.15) is 13.2 Å². The molecule has 1 heterocycles. The summed E-state index contributed by atoms with van der Waals surface area (Å²) in [6.07, 6.45) is -4.48. The van der Waals surface area contributed by atoms with E-state index in [1.807, 2.05) is 0 Å². The molecule has 26 heavy (non-hydrogen) atoms. The Morgan fingerprint density at radius 3 is 2.38 bits per heavy atom. The molecule has 0 bridgehead atoms. The minimum atomic E-state index is -4.67. The number of nitrogens with one attached hydrogen (secondary N) is 2. The van der Waals surface area contributed by atoms with E-state index in [0.29, 0.717) is 0 Å². The minimum Gasteiger partial charge on any atom is -0.491 e. The lowest BCUT2D eigenvalue weighted by Gasteiger charge is -2.23. The SMILES string of the molecule is CC(C)Oc1ccc(NC(=O)NC2CCS(=O)(=O)CC2)c(C(F)(F)F)c1. The van der Waals surface area contributed by atoms with E-state index in [0.717, 1.165) is 12.1 Å². The molecule has 2 rings (SSSR count). The summed E-state index contributed by atoms with van der Waals surface area (Å²) < 4.78 is 67.8. The molecule has 2 N–H and O–H groups in total. The van der Waals surface area contributed by atoms with Crippen LogP contribution in [0.25, 0.3) is 0 Å². The number of alkyl halides is 3. The maximum Gasteiger partial charge on any atom is 0.418 e. The Morgan fingerprint density at radius 1 is 1.23 bits per heavy atom. The summed E-state index contributed by atoms with van der Waals surface area (Å²) in [7, 11) is -3.09. The van der Waals surface area contributed by atoms with Gasteiger partial charge in [-0.05, 0) is 44.9 Å². The number of urea groups is 1. The highest BCUT2D eigenvalue weighted by Gasteiger charge is 2.35. The molecule has 2 amide bonds. The van der Waals surface area contributed by atoms with Gasteiger partial charge in [-0.1, -0.05) is 0 Å². The largest absolute Gasteiger partial charge is 0.491 e. The van der Waals surface area contributed by atoms with Gasteiger partial charge in [0.05, 0.1) is 28.9 Å². The first-order valence-corrected chi connectivity index (χ1v) is 9.94. The minimum absolute atomic E-state index is 0.0486. The van der Waals surface area contributed by atoms with E-state index >= 15 is 0 Å². The van der Waals surface area contributed by atoms with Crippen LogP contribution in [-0.4, -0.2) is 38.1 Å². The second-order valence-electron chi connectivity index (χ2n) is 6.40. The molecule has 0 radical (unpaired) electrons. The molecule has 6 nitrogen and oxygen atoms in total. The van der Waals surface area contributed by atoms with Crippen LogP contribution in [-0.2, 0) is 16.0 Å². The Bertz CT molecular complexity index is 749. The second-order valence-corrected chi connectivity index (χ2v) is 8.70. The summed E-state index contributed by atoms with van der Waals surface area (Å²) in [5, 5.41) is 4.71. The van der Waals surface area contributed by atoms with Gasteiger partial charge in [-0.25, -0.2) is 13.2 Å². The molecule has 1 aliphatic rings. The predicted molar refractivity (Wildman–Crippen MR) is 91.0 cm³/mol. The number of hydrogen-bond acceptors (Lipinski definition) is 4. The summed E-state index contributed by atoms with van der Waals surface area (Å²) in [5.41, 5.74) is -1.41. The molecule has 1 saturated heterocycles. The third-order valence-electron chi connectivity index (χ3n) is 3.81. The monoisotopic (exact) mass is 394 g/mol. The van der Waals surface area contributed by atoms with Crippen LogP contribution in [0.4, 0.5) is 23.7 Å². The van der Waals surface area contributed by atoms with Crippen LogP contribution in [0.5, 0.6) is 5.75 Å². The van der Waals surface area contributed by atoms with Gasteiger partial charge in [0.1, 0.15) is 15.6 Å². The Labute approximate surface area is 150 Å². The van der Waals surface area contributed by atoms with Crippen molar-refractivity contribution in [1.82, 2.24) is 5.32 Å². The van der Waals surface area contributed by atoms with Gasteiger partial charge in [0.15, 0.2) is 0 Å². The normalized spacial score (nSPS) is 17.8. The maximum atomic E-state index is 13.3. The third kappa shape index (κ3) is 5.79. The average molecular weight is 394 g/mol. The summed E-state index contributed by atoms with van der Waals surface area (Å²) >= 11 is 0. The van der Waals surface area contributed by atoms with Crippen LogP contribution < -0.4 is 15.4 Å². The molecule has 1 aromatic carbocycles. The first kappa shape index (κ1) is 20.3. The van der Waals surface area contributed by atoms with Crippen LogP contribution in [0.3, 0.4) is 0 Å². The topological polar surface area (TPSA) is 84.5 Å². The number of hydrogen-bond donors (Lipinski definition) is 2. The molecule has 0 aromatic heterocycles. The summed E-state index contributed by atoms with van der Waals surface area (Å²) in [5.74, 6) is -0.0456. The van der Waals surface area contributed by atoms with Crippen molar-refractivity contribution in [1.29, 1.82) is 0 Å². The first-order valence-electron chi connectivity index (χ1n) is 8.12. The van der Waals surface area contributed by atoms with Gasteiger partial charge in [-0.3, -0.25) is 0 Å². The Balaban J connectivity index is 2.09. The summed E-state index contributed by atoms with van der Waals surface area (Å²) in [6, 6.07) is 2.11. The second kappa shape index (κ2) is 7.73. The molecule has 0 spiro atoms. The van der Waals surface area contributed by atoms with E-state index in [9.17, 15) is 26.4 Å². The number of rotatable bonds is 4. The van der Waals surface area contributed by atoms with E-state index in [4.69, 9.17) is 4.74 Å². The average Bonchev–Trinajstić information content (AvgIpc) is 2.49. The highest BCUT2D eigenvalue weighted by molar-refractivity contribution is 7.91. The van der Waals surface area contributed by atoms with Crippen molar-refractivity contribution in [3.63, 3.8) is 0 Å². The zero-order valence-corrected chi connectivity index (χ0v) is 15.2. The van der Waals surface area contributed by atoms with E-state index in [-0.39, 0.29) is 36.2 Å². The zero-order chi connectivity index (χ0) is 19.5. The number of benzene rings is 1. The third-order valence-corrected chi connectivity index (χ3v) is 5.52. The molecular weight excluding hydrogens is 373 g/mol. The molecule has 0 saturated carbocycles. The fraction of sp³-hybridized carbons (Fsp3) is 0.562. The van der Waals surface area contributed by atoms with Crippen molar-refractivity contribution in [2.45, 2.75) is 45.0 Å². The lowest BCUT2D eigenvalue weighted by Crippen LogP contribution is -2.43. The van der Waals surface area contributed by atoms with Crippen molar-refractivity contribution in [2.75, 3.05) is 16.8 Å². The molecule has 1 fully saturated rings. The van der Waals surface area contributed by atoms with Crippen molar-refractivity contribution in [3.05, 3.63) is 23.8 Å². The number of amides is 2. The number of carbonyl (C=O) groups is 1. The van der Waals surface area contributed by atoms with Gasteiger partial charge in [0.25, 0.3) is 0 Å². The van der Waals surface area contributed by atoms with Crippen molar-refractivity contribution >= 4 is 21.6 Å². The van der Waals surface area contributed by atoms with Crippen molar-refractivity contribution in [3.8, 4) is 5.75 Å². The molecule has 10 heteroatoms. The molecule has 0 unspecified atom stereocenters. The molecule has 0 aliphatic carbocycles. The van der Waals surface area contributed by atoms with Crippen LogP contribution in [0.2, 0.25) is 0 Å². The smallest absolute Gasteiger partial charge is 0.418 e. The van der Waals surface area contributed by atoms with Crippen LogP contribution in [0.1, 0.15) is 32.3 Å². The molecular formula is C16H21F3N2O4S. The number of halogens is 3. The molecule has 0 atom stereocenters. The quantitative estimate of drug-likeness (QED) is 0.821. The van der Waals surface area contributed by atoms with E-state index in [2.05, 4.69) is 10.6 Å². The van der Waals surface area contributed by atoms with Crippen LogP contribution in [0, 0.1) is 0 Å². The predicted octanol–water partition coefficient (Wildman–Crippen LogP) is 3.19. The van der Waals surface area contributed by atoms with Crippen molar-refractivity contribution < 1.29 is 31.1 Å². The van der Waals surface area contributed by atoms with Crippen LogP contribution in [0.15, 0.2) is 18.2 Å². The number of carbonyl (C=O) groups excluding carboxylic acids is 1. The van der Waals surface area contributed by atoms with Gasteiger partial charge in [-0.15, -0.1) is 0 Å².